The number of halogens is 1. The highest BCUT2D eigenvalue weighted by Crippen LogP contribution is 2.19. The zero-order valence-electron chi connectivity index (χ0n) is 15.1. The minimum Gasteiger partial charge on any atom is -0.496 e. The van der Waals surface area contributed by atoms with Gasteiger partial charge in [0.2, 0.25) is 0 Å². The Morgan fingerprint density at radius 3 is 2.72 bits per heavy atom. The molecule has 0 amide bonds. The van der Waals surface area contributed by atoms with Crippen LogP contribution < -0.4 is 15.4 Å². The monoisotopic (exact) mass is 454 g/mol. The van der Waals surface area contributed by atoms with Crippen LogP contribution in [0.5, 0.6) is 5.75 Å². The quantitative estimate of drug-likeness (QED) is 0.383. The third kappa shape index (κ3) is 7.29. The maximum absolute atomic E-state index is 5.43. The van der Waals surface area contributed by atoms with Crippen LogP contribution in [-0.2, 0) is 13.0 Å². The van der Waals surface area contributed by atoms with Gasteiger partial charge in [-0.2, -0.15) is 0 Å². The van der Waals surface area contributed by atoms with Crippen molar-refractivity contribution in [2.75, 3.05) is 20.2 Å². The molecule has 1 heterocycles. The molecule has 0 saturated carbocycles. The highest BCUT2D eigenvalue weighted by molar-refractivity contribution is 14.0. The Bertz CT molecular complexity index is 662. The van der Waals surface area contributed by atoms with Gasteiger partial charge in [0.1, 0.15) is 5.75 Å². The standard InChI is InChI=1S/C19H26N4O.HI/c1-4-20-19(23-14-17-7-5-6-11-21-17)22-12-10-16-13-15(2)8-9-18(16)24-3;/h5-9,11,13H,4,10,12,14H2,1-3H3,(H2,20,22,23);1H. The van der Waals surface area contributed by atoms with Crippen LogP contribution in [0.15, 0.2) is 47.6 Å². The van der Waals surface area contributed by atoms with E-state index in [1.807, 2.05) is 24.3 Å². The fraction of sp³-hybridized carbons (Fsp3) is 0.368. The number of aromatic nitrogens is 1. The van der Waals surface area contributed by atoms with Crippen LogP contribution in [0.2, 0.25) is 0 Å². The number of aryl methyl sites for hydroxylation is 1. The number of methoxy groups -OCH3 is 1. The van der Waals surface area contributed by atoms with Crippen LogP contribution in [0, 0.1) is 6.92 Å². The smallest absolute Gasteiger partial charge is 0.191 e. The zero-order chi connectivity index (χ0) is 17.2. The fourth-order valence-electron chi connectivity index (χ4n) is 2.41. The van der Waals surface area contributed by atoms with Gasteiger partial charge < -0.3 is 15.4 Å². The third-order valence-electron chi connectivity index (χ3n) is 3.59. The molecule has 0 atom stereocenters. The first kappa shape index (κ1) is 21.2. The van der Waals surface area contributed by atoms with Crippen LogP contribution >= 0.6 is 24.0 Å². The number of rotatable bonds is 7. The lowest BCUT2D eigenvalue weighted by Gasteiger charge is -2.13. The van der Waals surface area contributed by atoms with Crippen LogP contribution in [0.4, 0.5) is 0 Å². The Morgan fingerprint density at radius 2 is 2.04 bits per heavy atom. The molecule has 0 aliphatic carbocycles. The van der Waals surface area contributed by atoms with Gasteiger partial charge in [0, 0.05) is 19.3 Å². The second-order valence-corrected chi connectivity index (χ2v) is 5.51. The summed E-state index contributed by atoms with van der Waals surface area (Å²) in [5.74, 6) is 1.73. The van der Waals surface area contributed by atoms with E-state index in [1.165, 1.54) is 11.1 Å². The van der Waals surface area contributed by atoms with Crippen LogP contribution in [0.3, 0.4) is 0 Å². The molecular weight excluding hydrogens is 427 g/mol. The molecule has 0 saturated heterocycles. The summed E-state index contributed by atoms with van der Waals surface area (Å²) in [5.41, 5.74) is 3.39. The summed E-state index contributed by atoms with van der Waals surface area (Å²) in [7, 11) is 1.71. The predicted molar refractivity (Wildman–Crippen MR) is 114 cm³/mol. The Balaban J connectivity index is 0.00000312. The average Bonchev–Trinajstić information content (AvgIpc) is 2.61. The molecule has 25 heavy (non-hydrogen) atoms. The first-order valence-electron chi connectivity index (χ1n) is 8.28. The number of ether oxygens (including phenoxy) is 1. The molecule has 1 aromatic heterocycles. The first-order chi connectivity index (χ1) is 11.7. The lowest BCUT2D eigenvalue weighted by molar-refractivity contribution is 0.409. The third-order valence-corrected chi connectivity index (χ3v) is 3.59. The van der Waals surface area contributed by atoms with E-state index in [0.717, 1.165) is 36.9 Å². The van der Waals surface area contributed by atoms with Gasteiger partial charge in [-0.05, 0) is 44.0 Å². The van der Waals surface area contributed by atoms with E-state index in [2.05, 4.69) is 46.6 Å². The minimum absolute atomic E-state index is 0. The summed E-state index contributed by atoms with van der Waals surface area (Å²) in [6.45, 7) is 6.32. The SMILES string of the molecule is CCNC(=NCc1ccccn1)NCCc1cc(C)ccc1OC.I. The van der Waals surface area contributed by atoms with E-state index < -0.39 is 0 Å². The second kappa shape index (κ2) is 11.7. The summed E-state index contributed by atoms with van der Waals surface area (Å²) in [4.78, 5) is 8.87. The van der Waals surface area contributed by atoms with Crippen molar-refractivity contribution in [3.8, 4) is 5.75 Å². The highest BCUT2D eigenvalue weighted by atomic mass is 127. The highest BCUT2D eigenvalue weighted by Gasteiger charge is 2.04. The molecule has 5 nitrogen and oxygen atoms in total. The molecule has 0 aliphatic heterocycles. The Labute approximate surface area is 167 Å². The van der Waals surface area contributed by atoms with Gasteiger partial charge in [0.15, 0.2) is 5.96 Å². The molecule has 136 valence electrons. The van der Waals surface area contributed by atoms with Crippen molar-refractivity contribution in [1.82, 2.24) is 15.6 Å². The number of hydrogen-bond acceptors (Lipinski definition) is 3. The number of hydrogen-bond donors (Lipinski definition) is 2. The number of benzene rings is 1. The molecule has 6 heteroatoms. The van der Waals surface area contributed by atoms with Gasteiger partial charge in [-0.1, -0.05) is 23.8 Å². The minimum atomic E-state index is 0. The maximum Gasteiger partial charge on any atom is 0.191 e. The summed E-state index contributed by atoms with van der Waals surface area (Å²) in [5, 5.41) is 6.62. The van der Waals surface area contributed by atoms with Gasteiger partial charge in [-0.15, -0.1) is 24.0 Å². The van der Waals surface area contributed by atoms with Crippen LogP contribution in [-0.4, -0.2) is 31.1 Å². The van der Waals surface area contributed by atoms with E-state index in [4.69, 9.17) is 4.74 Å². The lowest BCUT2D eigenvalue weighted by Crippen LogP contribution is -2.38. The molecule has 0 radical (unpaired) electrons. The van der Waals surface area contributed by atoms with Gasteiger partial charge in [-0.25, -0.2) is 4.99 Å². The second-order valence-electron chi connectivity index (χ2n) is 5.51. The Hall–Kier alpha value is -1.83. The molecule has 0 unspecified atom stereocenters. The zero-order valence-corrected chi connectivity index (χ0v) is 17.4. The van der Waals surface area contributed by atoms with Crippen LogP contribution in [0.25, 0.3) is 0 Å². The number of nitrogens with zero attached hydrogens (tertiary/aromatic N) is 2. The normalized spacial score (nSPS) is 10.8. The lowest BCUT2D eigenvalue weighted by atomic mass is 10.1. The predicted octanol–water partition coefficient (Wildman–Crippen LogP) is 3.31. The van der Waals surface area contributed by atoms with Crippen molar-refractivity contribution >= 4 is 29.9 Å². The van der Waals surface area contributed by atoms with E-state index in [9.17, 15) is 0 Å². The van der Waals surface area contributed by atoms with Gasteiger partial charge >= 0.3 is 0 Å². The molecule has 1 aromatic carbocycles. The first-order valence-corrected chi connectivity index (χ1v) is 8.28. The molecule has 2 aromatic rings. The van der Waals surface area contributed by atoms with Crippen molar-refractivity contribution < 1.29 is 4.74 Å². The van der Waals surface area contributed by atoms with Crippen molar-refractivity contribution in [1.29, 1.82) is 0 Å². The van der Waals surface area contributed by atoms with E-state index in [1.54, 1.807) is 13.3 Å². The molecule has 2 rings (SSSR count). The summed E-state index contributed by atoms with van der Waals surface area (Å²) in [6, 6.07) is 12.1. The van der Waals surface area contributed by atoms with Crippen molar-refractivity contribution in [3.63, 3.8) is 0 Å². The fourth-order valence-corrected chi connectivity index (χ4v) is 2.41. The van der Waals surface area contributed by atoms with Crippen molar-refractivity contribution in [3.05, 3.63) is 59.4 Å². The van der Waals surface area contributed by atoms with Crippen molar-refractivity contribution in [2.45, 2.75) is 26.8 Å². The summed E-state index contributed by atoms with van der Waals surface area (Å²) >= 11 is 0. The van der Waals surface area contributed by atoms with Crippen LogP contribution in [0.1, 0.15) is 23.7 Å². The van der Waals surface area contributed by atoms with Gasteiger partial charge in [-0.3, -0.25) is 4.98 Å². The largest absolute Gasteiger partial charge is 0.496 e. The molecular formula is C19H27IN4O. The molecule has 0 fully saturated rings. The number of guanidine groups is 1. The molecule has 0 spiro atoms. The van der Waals surface area contributed by atoms with Gasteiger partial charge in [0.25, 0.3) is 0 Å². The number of aliphatic imine (C=N–C) groups is 1. The summed E-state index contributed by atoms with van der Waals surface area (Å²) in [6.07, 6.45) is 2.66. The number of pyridine rings is 1. The van der Waals surface area contributed by atoms with E-state index in [-0.39, 0.29) is 24.0 Å². The summed E-state index contributed by atoms with van der Waals surface area (Å²) < 4.78 is 5.43. The van der Waals surface area contributed by atoms with E-state index >= 15 is 0 Å². The topological polar surface area (TPSA) is 58.5 Å². The van der Waals surface area contributed by atoms with Gasteiger partial charge in [0.05, 0.1) is 19.3 Å². The molecule has 0 aliphatic rings. The van der Waals surface area contributed by atoms with Crippen molar-refractivity contribution in [2.24, 2.45) is 4.99 Å². The number of nitrogens with one attached hydrogen (secondary N) is 2. The Kier molecular flexibility index (Phi) is 9.91. The maximum atomic E-state index is 5.43. The average molecular weight is 454 g/mol. The Morgan fingerprint density at radius 1 is 1.20 bits per heavy atom. The van der Waals surface area contributed by atoms with E-state index in [0.29, 0.717) is 6.54 Å². The molecule has 2 N–H and O–H groups in total. The molecule has 0 bridgehead atoms.